The van der Waals surface area contributed by atoms with Gasteiger partial charge in [0.2, 0.25) is 5.92 Å². The smallest absolute Gasteiger partial charge is 0.328 e. The molecule has 6 heteroatoms. The molecular formula is C15H16O6. The van der Waals surface area contributed by atoms with Gasteiger partial charge < -0.3 is 14.6 Å². The number of phenolic OH excluding ortho intramolecular Hbond substituents is 1. The molecule has 6 nitrogen and oxygen atoms in total. The predicted octanol–water partition coefficient (Wildman–Crippen LogP) is 1.35. The third-order valence-corrected chi connectivity index (χ3v) is 3.00. The van der Waals surface area contributed by atoms with Crippen LogP contribution in [0.4, 0.5) is 0 Å². The van der Waals surface area contributed by atoms with Gasteiger partial charge in [-0.15, -0.1) is 0 Å². The molecule has 1 atom stereocenters. The molecule has 0 spiro atoms. The molecule has 1 fully saturated rings. The summed E-state index contributed by atoms with van der Waals surface area (Å²) in [5.41, 5.74) is 0.638. The highest BCUT2D eigenvalue weighted by Crippen LogP contribution is 2.25. The Kier molecular flexibility index (Phi) is 4.57. The quantitative estimate of drug-likeness (QED) is 0.628. The Balaban J connectivity index is 1.93. The molecule has 112 valence electrons. The van der Waals surface area contributed by atoms with Crippen LogP contribution < -0.4 is 0 Å². The monoisotopic (exact) mass is 292 g/mol. The lowest BCUT2D eigenvalue weighted by Gasteiger charge is -2.12. The van der Waals surface area contributed by atoms with Gasteiger partial charge in [-0.05, 0) is 37.5 Å². The van der Waals surface area contributed by atoms with E-state index in [0.717, 1.165) is 19.8 Å². The Morgan fingerprint density at radius 2 is 1.81 bits per heavy atom. The average Bonchev–Trinajstić information content (AvgIpc) is 3.21. The van der Waals surface area contributed by atoms with Crippen molar-refractivity contribution in [2.75, 3.05) is 0 Å². The number of ether oxygens (including phenoxy) is 2. The SMILES string of the molecule is CC(=O)C(C(=O)OCc1ccc(O)cc1)C(=O)OC1CC1. The summed E-state index contributed by atoms with van der Waals surface area (Å²) in [6, 6.07) is 6.06. The topological polar surface area (TPSA) is 89.9 Å². The Bertz CT molecular complexity index is 544. The van der Waals surface area contributed by atoms with Gasteiger partial charge in [0.15, 0.2) is 5.78 Å². The van der Waals surface area contributed by atoms with Gasteiger partial charge in [0.25, 0.3) is 0 Å². The highest BCUT2D eigenvalue weighted by Gasteiger charge is 2.38. The van der Waals surface area contributed by atoms with Crippen molar-refractivity contribution in [3.05, 3.63) is 29.8 Å². The molecule has 1 aromatic carbocycles. The third-order valence-electron chi connectivity index (χ3n) is 3.00. The molecule has 0 radical (unpaired) electrons. The van der Waals surface area contributed by atoms with Gasteiger partial charge in [0.1, 0.15) is 18.5 Å². The fraction of sp³-hybridized carbons (Fsp3) is 0.400. The summed E-state index contributed by atoms with van der Waals surface area (Å²) in [6.07, 6.45) is 1.35. The molecule has 1 aromatic rings. The van der Waals surface area contributed by atoms with E-state index >= 15 is 0 Å². The van der Waals surface area contributed by atoms with Crippen molar-refractivity contribution in [2.45, 2.75) is 32.5 Å². The second kappa shape index (κ2) is 6.39. The van der Waals surface area contributed by atoms with Crippen molar-refractivity contribution in [2.24, 2.45) is 5.92 Å². The van der Waals surface area contributed by atoms with E-state index < -0.39 is 23.6 Å². The summed E-state index contributed by atoms with van der Waals surface area (Å²) in [6.45, 7) is 1.07. The van der Waals surface area contributed by atoms with Gasteiger partial charge in [0, 0.05) is 0 Å². The van der Waals surface area contributed by atoms with E-state index in [4.69, 9.17) is 14.6 Å². The van der Waals surface area contributed by atoms with Crippen LogP contribution in [0, 0.1) is 5.92 Å². The van der Waals surface area contributed by atoms with Gasteiger partial charge in [0.05, 0.1) is 0 Å². The molecule has 2 rings (SSSR count). The van der Waals surface area contributed by atoms with Crippen molar-refractivity contribution in [1.82, 2.24) is 0 Å². The Morgan fingerprint density at radius 1 is 1.19 bits per heavy atom. The van der Waals surface area contributed by atoms with Crippen LogP contribution in [0.15, 0.2) is 24.3 Å². The van der Waals surface area contributed by atoms with E-state index in [9.17, 15) is 14.4 Å². The molecule has 1 N–H and O–H groups in total. The highest BCUT2D eigenvalue weighted by molar-refractivity contribution is 6.14. The number of aromatic hydroxyl groups is 1. The van der Waals surface area contributed by atoms with Crippen LogP contribution in [0.1, 0.15) is 25.3 Å². The number of esters is 2. The molecule has 0 saturated heterocycles. The van der Waals surface area contributed by atoms with Crippen molar-refractivity contribution >= 4 is 17.7 Å². The number of benzene rings is 1. The van der Waals surface area contributed by atoms with Gasteiger partial charge in [-0.1, -0.05) is 12.1 Å². The number of rotatable bonds is 6. The first-order chi connectivity index (χ1) is 9.97. The molecule has 0 heterocycles. The first-order valence-electron chi connectivity index (χ1n) is 6.63. The average molecular weight is 292 g/mol. The second-order valence-electron chi connectivity index (χ2n) is 4.95. The van der Waals surface area contributed by atoms with Crippen molar-refractivity contribution in [3.8, 4) is 5.75 Å². The minimum absolute atomic E-state index is 0.0837. The molecule has 1 aliphatic rings. The number of carbonyl (C=O) groups excluding carboxylic acids is 3. The van der Waals surface area contributed by atoms with Crippen LogP contribution in [-0.2, 0) is 30.5 Å². The van der Waals surface area contributed by atoms with E-state index in [-0.39, 0.29) is 18.5 Å². The fourth-order valence-corrected chi connectivity index (χ4v) is 1.68. The summed E-state index contributed by atoms with van der Waals surface area (Å²) in [4.78, 5) is 35.1. The number of Topliss-reactive ketones (excluding diaryl/α,β-unsaturated/α-hetero) is 1. The van der Waals surface area contributed by atoms with E-state index in [1.165, 1.54) is 12.1 Å². The summed E-state index contributed by atoms with van der Waals surface area (Å²) >= 11 is 0. The van der Waals surface area contributed by atoms with Gasteiger partial charge in [-0.3, -0.25) is 14.4 Å². The largest absolute Gasteiger partial charge is 0.508 e. The molecule has 0 amide bonds. The van der Waals surface area contributed by atoms with Gasteiger partial charge >= 0.3 is 11.9 Å². The number of ketones is 1. The molecule has 21 heavy (non-hydrogen) atoms. The molecule has 1 unspecified atom stereocenters. The Hall–Kier alpha value is -2.37. The van der Waals surface area contributed by atoms with E-state index in [0.29, 0.717) is 5.56 Å². The second-order valence-corrected chi connectivity index (χ2v) is 4.95. The lowest BCUT2D eigenvalue weighted by molar-refractivity contribution is -0.165. The van der Waals surface area contributed by atoms with Crippen molar-refractivity contribution < 1.29 is 29.0 Å². The van der Waals surface area contributed by atoms with Crippen LogP contribution >= 0.6 is 0 Å². The molecule has 0 bridgehead atoms. The van der Waals surface area contributed by atoms with E-state index in [2.05, 4.69) is 0 Å². The summed E-state index contributed by atoms with van der Waals surface area (Å²) in [7, 11) is 0. The summed E-state index contributed by atoms with van der Waals surface area (Å²) in [5.74, 6) is -3.79. The van der Waals surface area contributed by atoms with E-state index in [1.807, 2.05) is 0 Å². The normalized spacial score (nSPS) is 15.1. The fourth-order valence-electron chi connectivity index (χ4n) is 1.68. The van der Waals surface area contributed by atoms with E-state index in [1.54, 1.807) is 12.1 Å². The number of phenols is 1. The molecule has 1 saturated carbocycles. The maximum atomic E-state index is 11.9. The minimum atomic E-state index is -1.53. The lowest BCUT2D eigenvalue weighted by Crippen LogP contribution is -2.33. The molecule has 1 aliphatic carbocycles. The zero-order chi connectivity index (χ0) is 15.4. The van der Waals surface area contributed by atoms with Crippen LogP contribution in [0.2, 0.25) is 0 Å². The number of carbonyl (C=O) groups is 3. The predicted molar refractivity (Wildman–Crippen MR) is 71.2 cm³/mol. The zero-order valence-corrected chi connectivity index (χ0v) is 11.6. The zero-order valence-electron chi connectivity index (χ0n) is 11.6. The molecule has 0 aromatic heterocycles. The first kappa shape index (κ1) is 15.0. The minimum Gasteiger partial charge on any atom is -0.508 e. The van der Waals surface area contributed by atoms with Gasteiger partial charge in [-0.2, -0.15) is 0 Å². The van der Waals surface area contributed by atoms with Crippen LogP contribution in [0.5, 0.6) is 5.75 Å². The maximum Gasteiger partial charge on any atom is 0.328 e. The standard InChI is InChI=1S/C15H16O6/c1-9(16)13(15(19)21-12-6-7-12)14(18)20-8-10-2-4-11(17)5-3-10/h2-5,12-13,17H,6-8H2,1H3. The van der Waals surface area contributed by atoms with Crippen molar-refractivity contribution in [3.63, 3.8) is 0 Å². The lowest BCUT2D eigenvalue weighted by atomic mass is 10.1. The third kappa shape index (κ3) is 4.30. The highest BCUT2D eigenvalue weighted by atomic mass is 16.6. The van der Waals surface area contributed by atoms with Crippen LogP contribution in [-0.4, -0.2) is 28.9 Å². The summed E-state index contributed by atoms with van der Waals surface area (Å²) in [5, 5.41) is 9.14. The van der Waals surface area contributed by atoms with Crippen LogP contribution in [0.3, 0.4) is 0 Å². The number of hydrogen-bond acceptors (Lipinski definition) is 6. The summed E-state index contributed by atoms with van der Waals surface area (Å²) < 4.78 is 9.95. The molecular weight excluding hydrogens is 276 g/mol. The maximum absolute atomic E-state index is 11.9. The first-order valence-corrected chi connectivity index (χ1v) is 6.63. The molecule has 0 aliphatic heterocycles. The van der Waals surface area contributed by atoms with Crippen molar-refractivity contribution in [1.29, 1.82) is 0 Å². The van der Waals surface area contributed by atoms with Crippen LogP contribution in [0.25, 0.3) is 0 Å². The number of hydrogen-bond donors (Lipinski definition) is 1. The Morgan fingerprint density at radius 3 is 2.33 bits per heavy atom. The van der Waals surface area contributed by atoms with Gasteiger partial charge in [-0.25, -0.2) is 0 Å². The Labute approximate surface area is 121 Å².